The summed E-state index contributed by atoms with van der Waals surface area (Å²) >= 11 is 1.18. The van der Waals surface area contributed by atoms with E-state index in [1.165, 1.54) is 17.6 Å². The van der Waals surface area contributed by atoms with Crippen molar-refractivity contribution in [1.82, 2.24) is 5.32 Å². The number of carbonyl (C=O) groups excluding carboxylic acids is 2. The van der Waals surface area contributed by atoms with Crippen molar-refractivity contribution in [2.45, 2.75) is 20.0 Å². The summed E-state index contributed by atoms with van der Waals surface area (Å²) in [7, 11) is 0. The molecule has 21 heavy (non-hydrogen) atoms. The molecule has 6 nitrogen and oxygen atoms in total. The van der Waals surface area contributed by atoms with E-state index in [4.69, 9.17) is 9.52 Å². The van der Waals surface area contributed by atoms with Crippen LogP contribution >= 0.6 is 11.3 Å². The maximum absolute atomic E-state index is 12.0. The van der Waals surface area contributed by atoms with Crippen LogP contribution in [0.3, 0.4) is 0 Å². The van der Waals surface area contributed by atoms with Crippen molar-refractivity contribution >= 4 is 28.2 Å². The molecule has 0 saturated carbocycles. The molecular weight excluding hydrogens is 292 g/mol. The summed E-state index contributed by atoms with van der Waals surface area (Å²) < 4.78 is 5.00. The molecule has 0 aliphatic carbocycles. The van der Waals surface area contributed by atoms with Gasteiger partial charge >= 0.3 is 0 Å². The lowest BCUT2D eigenvalue weighted by atomic mass is 10.2. The number of hydrogen-bond acceptors (Lipinski definition) is 5. The third-order valence-electron chi connectivity index (χ3n) is 2.66. The number of thiophene rings is 1. The van der Waals surface area contributed by atoms with Crippen LogP contribution in [0.25, 0.3) is 0 Å². The molecule has 2 heterocycles. The Kier molecular flexibility index (Phi) is 4.77. The normalized spacial score (nSPS) is 12.0. The summed E-state index contributed by atoms with van der Waals surface area (Å²) in [6.07, 6.45) is 0.816. The van der Waals surface area contributed by atoms with Crippen LogP contribution in [0.4, 0.5) is 5.00 Å². The number of aryl methyl sites for hydroxylation is 1. The van der Waals surface area contributed by atoms with E-state index in [1.807, 2.05) is 0 Å². The van der Waals surface area contributed by atoms with Gasteiger partial charge in [-0.15, -0.1) is 11.3 Å². The Morgan fingerprint density at radius 3 is 2.81 bits per heavy atom. The zero-order valence-corrected chi connectivity index (χ0v) is 12.5. The summed E-state index contributed by atoms with van der Waals surface area (Å²) in [5.74, 6) is -0.421. The molecule has 0 spiro atoms. The Bertz CT molecular complexity index is 631. The van der Waals surface area contributed by atoms with Gasteiger partial charge < -0.3 is 20.2 Å². The average Bonchev–Trinajstić information content (AvgIpc) is 3.05. The first-order valence-corrected chi connectivity index (χ1v) is 7.20. The van der Waals surface area contributed by atoms with Crippen LogP contribution < -0.4 is 10.6 Å². The largest absolute Gasteiger partial charge is 0.459 e. The van der Waals surface area contributed by atoms with Gasteiger partial charge in [-0.2, -0.15) is 0 Å². The zero-order valence-electron chi connectivity index (χ0n) is 11.7. The Hall–Kier alpha value is -2.12. The highest BCUT2D eigenvalue weighted by molar-refractivity contribution is 7.18. The second-order valence-corrected chi connectivity index (χ2v) is 5.67. The molecule has 0 bridgehead atoms. The molecule has 0 aliphatic rings. The van der Waals surface area contributed by atoms with Crippen LogP contribution in [-0.2, 0) is 0 Å². The number of furan rings is 1. The molecule has 0 radical (unpaired) electrons. The maximum atomic E-state index is 12.0. The van der Waals surface area contributed by atoms with Crippen LogP contribution in [-0.4, -0.2) is 29.6 Å². The lowest BCUT2D eigenvalue weighted by Gasteiger charge is -2.06. The van der Waals surface area contributed by atoms with E-state index >= 15 is 0 Å². The Labute approximate surface area is 125 Å². The number of aliphatic hydroxyl groups is 1. The van der Waals surface area contributed by atoms with Gasteiger partial charge in [0, 0.05) is 6.54 Å². The number of aliphatic hydroxyl groups excluding tert-OH is 1. The van der Waals surface area contributed by atoms with Gasteiger partial charge in [-0.3, -0.25) is 9.59 Å². The number of anilines is 1. The van der Waals surface area contributed by atoms with Crippen LogP contribution in [0.5, 0.6) is 0 Å². The third kappa shape index (κ3) is 3.93. The quantitative estimate of drug-likeness (QED) is 0.788. The van der Waals surface area contributed by atoms with Gasteiger partial charge in [-0.1, -0.05) is 0 Å². The summed E-state index contributed by atoms with van der Waals surface area (Å²) in [6, 6.07) is 4.92. The standard InChI is InChI=1S/C14H16N2O4S/c1-8-6-11(16-13(18)10-4-3-5-20-10)21-12(8)14(19)15-7-9(2)17/h3-6,9,17H,7H2,1-2H3,(H,15,19)(H,16,18). The number of carbonyl (C=O) groups is 2. The molecule has 2 amide bonds. The monoisotopic (exact) mass is 308 g/mol. The Morgan fingerprint density at radius 2 is 2.19 bits per heavy atom. The second kappa shape index (κ2) is 6.55. The molecule has 112 valence electrons. The molecule has 0 saturated heterocycles. The first-order valence-electron chi connectivity index (χ1n) is 6.39. The number of rotatable bonds is 5. The smallest absolute Gasteiger partial charge is 0.291 e. The van der Waals surface area contributed by atoms with E-state index in [1.54, 1.807) is 32.0 Å². The lowest BCUT2D eigenvalue weighted by molar-refractivity contribution is 0.0927. The summed E-state index contributed by atoms with van der Waals surface area (Å²) in [6.45, 7) is 3.57. The van der Waals surface area contributed by atoms with Crippen LogP contribution in [0, 0.1) is 6.92 Å². The second-order valence-electron chi connectivity index (χ2n) is 4.61. The summed E-state index contributed by atoms with van der Waals surface area (Å²) in [5.41, 5.74) is 0.762. The zero-order chi connectivity index (χ0) is 15.4. The first kappa shape index (κ1) is 15.3. The van der Waals surface area contributed by atoms with Crippen molar-refractivity contribution in [2.24, 2.45) is 0 Å². The van der Waals surface area contributed by atoms with E-state index in [-0.39, 0.29) is 24.1 Å². The Balaban J connectivity index is 2.05. The molecule has 2 aromatic rings. The predicted molar refractivity (Wildman–Crippen MR) is 79.7 cm³/mol. The molecule has 1 atom stereocenters. The van der Waals surface area contributed by atoms with E-state index < -0.39 is 6.10 Å². The van der Waals surface area contributed by atoms with Crippen molar-refractivity contribution in [3.8, 4) is 0 Å². The van der Waals surface area contributed by atoms with Crippen molar-refractivity contribution in [3.63, 3.8) is 0 Å². The molecule has 3 N–H and O–H groups in total. The van der Waals surface area contributed by atoms with Gasteiger partial charge in [0.25, 0.3) is 11.8 Å². The lowest BCUT2D eigenvalue weighted by Crippen LogP contribution is -2.30. The molecule has 0 fully saturated rings. The number of hydrogen-bond donors (Lipinski definition) is 3. The SMILES string of the molecule is Cc1cc(NC(=O)c2ccco2)sc1C(=O)NCC(C)O. The van der Waals surface area contributed by atoms with Crippen molar-refractivity contribution in [1.29, 1.82) is 0 Å². The van der Waals surface area contributed by atoms with Gasteiger partial charge in [0.15, 0.2) is 5.76 Å². The number of amides is 2. The van der Waals surface area contributed by atoms with Crippen LogP contribution in [0.1, 0.15) is 32.7 Å². The molecule has 1 unspecified atom stereocenters. The fourth-order valence-electron chi connectivity index (χ4n) is 1.67. The fourth-order valence-corrected chi connectivity index (χ4v) is 2.66. The van der Waals surface area contributed by atoms with Crippen molar-refractivity contribution < 1.29 is 19.1 Å². The van der Waals surface area contributed by atoms with Crippen molar-refractivity contribution in [3.05, 3.63) is 40.7 Å². The minimum absolute atomic E-state index is 0.185. The molecule has 7 heteroatoms. The van der Waals surface area contributed by atoms with E-state index in [0.29, 0.717) is 9.88 Å². The van der Waals surface area contributed by atoms with Gasteiger partial charge in [0.05, 0.1) is 22.2 Å². The molecule has 2 aromatic heterocycles. The summed E-state index contributed by atoms with van der Waals surface area (Å²) in [5, 5.41) is 15.0. The highest BCUT2D eigenvalue weighted by Crippen LogP contribution is 2.27. The predicted octanol–water partition coefficient (Wildman–Crippen LogP) is 2.01. The van der Waals surface area contributed by atoms with Crippen LogP contribution in [0.15, 0.2) is 28.9 Å². The minimum atomic E-state index is -0.604. The van der Waals surface area contributed by atoms with Crippen molar-refractivity contribution in [2.75, 3.05) is 11.9 Å². The highest BCUT2D eigenvalue weighted by Gasteiger charge is 2.16. The molecule has 0 aliphatic heterocycles. The van der Waals surface area contributed by atoms with E-state index in [2.05, 4.69) is 10.6 Å². The topological polar surface area (TPSA) is 91.6 Å². The van der Waals surface area contributed by atoms with E-state index in [9.17, 15) is 9.59 Å². The highest BCUT2D eigenvalue weighted by atomic mass is 32.1. The molecule has 0 aromatic carbocycles. The van der Waals surface area contributed by atoms with Gasteiger partial charge in [0.1, 0.15) is 0 Å². The third-order valence-corrected chi connectivity index (χ3v) is 3.82. The summed E-state index contributed by atoms with van der Waals surface area (Å²) in [4.78, 5) is 24.3. The fraction of sp³-hybridized carbons (Fsp3) is 0.286. The number of nitrogens with one attached hydrogen (secondary N) is 2. The first-order chi connectivity index (χ1) is 9.97. The molecule has 2 rings (SSSR count). The van der Waals surface area contributed by atoms with Crippen LogP contribution in [0.2, 0.25) is 0 Å². The average molecular weight is 308 g/mol. The van der Waals surface area contributed by atoms with Gasteiger partial charge in [0.2, 0.25) is 0 Å². The van der Waals surface area contributed by atoms with Gasteiger partial charge in [-0.25, -0.2) is 0 Å². The Morgan fingerprint density at radius 1 is 1.43 bits per heavy atom. The minimum Gasteiger partial charge on any atom is -0.459 e. The van der Waals surface area contributed by atoms with E-state index in [0.717, 1.165) is 5.56 Å². The molecular formula is C14H16N2O4S. The van der Waals surface area contributed by atoms with Gasteiger partial charge in [-0.05, 0) is 37.6 Å². The maximum Gasteiger partial charge on any atom is 0.291 e.